The van der Waals surface area contributed by atoms with Crippen LogP contribution >= 0.6 is 11.3 Å². The number of hydrogen-bond acceptors (Lipinski definition) is 4. The van der Waals surface area contributed by atoms with Gasteiger partial charge in [0.1, 0.15) is 12.4 Å². The van der Waals surface area contributed by atoms with Crippen LogP contribution in [0.1, 0.15) is 39.7 Å². The zero-order chi connectivity index (χ0) is 17.9. The lowest BCUT2D eigenvalue weighted by Gasteiger charge is -2.07. The SMILES string of the molecule is CCn1cc(NC(=O)c2cc(COc3ccc4c(c3)CCC4)cs2)cn1. The summed E-state index contributed by atoms with van der Waals surface area (Å²) in [5, 5.41) is 9.01. The lowest BCUT2D eigenvalue weighted by atomic mass is 10.1. The van der Waals surface area contributed by atoms with Crippen molar-refractivity contribution >= 4 is 22.9 Å². The van der Waals surface area contributed by atoms with Gasteiger partial charge < -0.3 is 10.1 Å². The van der Waals surface area contributed by atoms with Crippen LogP contribution in [-0.4, -0.2) is 15.7 Å². The number of nitrogens with one attached hydrogen (secondary N) is 1. The normalized spacial score (nSPS) is 12.8. The molecule has 0 radical (unpaired) electrons. The minimum atomic E-state index is -0.116. The number of carbonyl (C=O) groups is 1. The molecule has 0 spiro atoms. The van der Waals surface area contributed by atoms with Crippen LogP contribution in [0, 0.1) is 0 Å². The Morgan fingerprint density at radius 2 is 2.19 bits per heavy atom. The van der Waals surface area contributed by atoms with Gasteiger partial charge in [0.25, 0.3) is 5.91 Å². The Kier molecular flexibility index (Phi) is 4.75. The molecule has 2 aromatic heterocycles. The predicted octanol–water partition coefficient (Wildman–Crippen LogP) is 4.28. The van der Waals surface area contributed by atoms with Crippen LogP contribution in [0.4, 0.5) is 5.69 Å². The molecule has 1 amide bonds. The number of thiophene rings is 1. The average molecular weight is 367 g/mol. The fourth-order valence-electron chi connectivity index (χ4n) is 3.17. The number of nitrogens with zero attached hydrogens (tertiary/aromatic N) is 2. The molecule has 26 heavy (non-hydrogen) atoms. The van der Waals surface area contributed by atoms with E-state index in [-0.39, 0.29) is 5.91 Å². The topological polar surface area (TPSA) is 56.2 Å². The van der Waals surface area contributed by atoms with Crippen LogP contribution in [0.15, 0.2) is 42.0 Å². The molecule has 2 heterocycles. The van der Waals surface area contributed by atoms with Gasteiger partial charge in [-0.25, -0.2) is 0 Å². The van der Waals surface area contributed by atoms with E-state index in [0.717, 1.165) is 24.3 Å². The maximum atomic E-state index is 12.3. The van der Waals surface area contributed by atoms with E-state index in [2.05, 4.69) is 22.5 Å². The van der Waals surface area contributed by atoms with Crippen molar-refractivity contribution in [1.29, 1.82) is 0 Å². The molecule has 0 saturated heterocycles. The summed E-state index contributed by atoms with van der Waals surface area (Å²) in [6.45, 7) is 3.25. The van der Waals surface area contributed by atoms with Gasteiger partial charge in [0, 0.05) is 18.3 Å². The van der Waals surface area contributed by atoms with Crippen LogP contribution in [0.2, 0.25) is 0 Å². The standard InChI is InChI=1S/C20H21N3O2S/c1-2-23-11-17(10-21-23)22-20(24)19-8-14(13-26-19)12-25-18-7-6-15-4-3-5-16(15)9-18/h6-11,13H,2-5,12H2,1H3,(H,22,24). The molecule has 0 unspecified atom stereocenters. The van der Waals surface area contributed by atoms with Crippen molar-refractivity contribution in [3.05, 3.63) is 63.6 Å². The van der Waals surface area contributed by atoms with Crippen molar-refractivity contribution in [2.24, 2.45) is 0 Å². The average Bonchev–Trinajstić information content (AvgIpc) is 3.39. The first-order chi connectivity index (χ1) is 12.7. The molecule has 4 rings (SSSR count). The third-order valence-corrected chi connectivity index (χ3v) is 5.55. The molecule has 0 aliphatic heterocycles. The minimum absolute atomic E-state index is 0.116. The molecule has 0 saturated carbocycles. The number of ether oxygens (including phenoxy) is 1. The molecule has 0 bridgehead atoms. The molecule has 1 aliphatic carbocycles. The molecule has 0 fully saturated rings. The number of amides is 1. The van der Waals surface area contributed by atoms with Crippen molar-refractivity contribution < 1.29 is 9.53 Å². The van der Waals surface area contributed by atoms with Gasteiger partial charge in [-0.1, -0.05) is 6.07 Å². The van der Waals surface area contributed by atoms with E-state index >= 15 is 0 Å². The van der Waals surface area contributed by atoms with Gasteiger partial charge in [-0.2, -0.15) is 5.10 Å². The fraction of sp³-hybridized carbons (Fsp3) is 0.300. The van der Waals surface area contributed by atoms with Crippen molar-refractivity contribution in [3.63, 3.8) is 0 Å². The molecule has 1 N–H and O–H groups in total. The van der Waals surface area contributed by atoms with Crippen LogP contribution in [0.3, 0.4) is 0 Å². The highest BCUT2D eigenvalue weighted by Gasteiger charge is 2.13. The van der Waals surface area contributed by atoms with E-state index in [1.54, 1.807) is 10.9 Å². The highest BCUT2D eigenvalue weighted by Crippen LogP contribution is 2.27. The van der Waals surface area contributed by atoms with Crippen molar-refractivity contribution in [2.75, 3.05) is 5.32 Å². The van der Waals surface area contributed by atoms with Gasteiger partial charge >= 0.3 is 0 Å². The molecule has 134 valence electrons. The first-order valence-electron chi connectivity index (χ1n) is 8.87. The molecule has 1 aromatic carbocycles. The summed E-state index contributed by atoms with van der Waals surface area (Å²) in [5.41, 5.74) is 4.56. The van der Waals surface area contributed by atoms with Gasteiger partial charge in [0.15, 0.2) is 0 Å². The highest BCUT2D eigenvalue weighted by atomic mass is 32.1. The second-order valence-electron chi connectivity index (χ2n) is 6.43. The Bertz CT molecular complexity index is 929. The molecule has 0 atom stereocenters. The van der Waals surface area contributed by atoms with Crippen LogP contribution in [0.5, 0.6) is 5.75 Å². The van der Waals surface area contributed by atoms with Crippen molar-refractivity contribution in [2.45, 2.75) is 39.3 Å². The van der Waals surface area contributed by atoms with Crippen LogP contribution in [0.25, 0.3) is 0 Å². The first kappa shape index (κ1) is 16.8. The van der Waals surface area contributed by atoms with E-state index in [4.69, 9.17) is 4.74 Å². The van der Waals surface area contributed by atoms with E-state index in [1.165, 1.54) is 35.3 Å². The Labute approximate surface area is 156 Å². The maximum absolute atomic E-state index is 12.3. The van der Waals surface area contributed by atoms with Crippen molar-refractivity contribution in [3.8, 4) is 5.75 Å². The smallest absolute Gasteiger partial charge is 0.265 e. The zero-order valence-electron chi connectivity index (χ0n) is 14.7. The summed E-state index contributed by atoms with van der Waals surface area (Å²) in [6, 6.07) is 8.24. The number of fused-ring (bicyclic) bond motifs is 1. The monoisotopic (exact) mass is 367 g/mol. The van der Waals surface area contributed by atoms with Crippen LogP contribution in [-0.2, 0) is 26.0 Å². The third-order valence-electron chi connectivity index (χ3n) is 4.57. The molecule has 6 heteroatoms. The Morgan fingerprint density at radius 1 is 1.31 bits per heavy atom. The van der Waals surface area contributed by atoms with Crippen molar-refractivity contribution in [1.82, 2.24) is 9.78 Å². The summed E-state index contributed by atoms with van der Waals surface area (Å²) in [4.78, 5) is 13.0. The number of benzene rings is 1. The van der Waals surface area contributed by atoms with Gasteiger partial charge in [-0.3, -0.25) is 9.48 Å². The van der Waals surface area contributed by atoms with Gasteiger partial charge in [0.2, 0.25) is 0 Å². The summed E-state index contributed by atoms with van der Waals surface area (Å²) in [6.07, 6.45) is 7.04. The van der Waals surface area contributed by atoms with E-state index in [0.29, 0.717) is 17.2 Å². The fourth-order valence-corrected chi connectivity index (χ4v) is 3.96. The van der Waals surface area contributed by atoms with Gasteiger partial charge in [0.05, 0.1) is 16.8 Å². The molecular weight excluding hydrogens is 346 g/mol. The summed E-state index contributed by atoms with van der Waals surface area (Å²) < 4.78 is 7.69. The third kappa shape index (κ3) is 3.65. The molecule has 1 aliphatic rings. The summed E-state index contributed by atoms with van der Waals surface area (Å²) in [7, 11) is 0. The van der Waals surface area contributed by atoms with E-state index in [9.17, 15) is 4.79 Å². The number of aryl methyl sites for hydroxylation is 3. The summed E-state index contributed by atoms with van der Waals surface area (Å²) in [5.74, 6) is 0.782. The van der Waals surface area contributed by atoms with Gasteiger partial charge in [-0.05, 0) is 60.9 Å². The molecular formula is C20H21N3O2S. The second-order valence-corrected chi connectivity index (χ2v) is 7.34. The van der Waals surface area contributed by atoms with Gasteiger partial charge in [-0.15, -0.1) is 11.3 Å². The predicted molar refractivity (Wildman–Crippen MR) is 103 cm³/mol. The number of aromatic nitrogens is 2. The zero-order valence-corrected chi connectivity index (χ0v) is 15.5. The van der Waals surface area contributed by atoms with Crippen LogP contribution < -0.4 is 10.1 Å². The second kappa shape index (κ2) is 7.33. The quantitative estimate of drug-likeness (QED) is 0.707. The largest absolute Gasteiger partial charge is 0.489 e. The Balaban J connectivity index is 1.36. The van der Waals surface area contributed by atoms with E-state index in [1.807, 2.05) is 30.6 Å². The Morgan fingerprint density at radius 3 is 3.04 bits per heavy atom. The Hall–Kier alpha value is -2.60. The maximum Gasteiger partial charge on any atom is 0.265 e. The summed E-state index contributed by atoms with van der Waals surface area (Å²) >= 11 is 1.43. The molecule has 5 nitrogen and oxygen atoms in total. The lowest BCUT2D eigenvalue weighted by molar-refractivity contribution is 0.103. The highest BCUT2D eigenvalue weighted by molar-refractivity contribution is 7.12. The first-order valence-corrected chi connectivity index (χ1v) is 9.75. The lowest BCUT2D eigenvalue weighted by Crippen LogP contribution is -2.09. The van der Waals surface area contributed by atoms with E-state index < -0.39 is 0 Å². The minimum Gasteiger partial charge on any atom is -0.489 e. The molecule has 3 aromatic rings. The number of carbonyl (C=O) groups excluding carboxylic acids is 1. The number of rotatable bonds is 6. The number of hydrogen-bond donors (Lipinski definition) is 1. The number of anilines is 1.